The van der Waals surface area contributed by atoms with Crippen molar-refractivity contribution in [1.29, 1.82) is 0 Å². The molecule has 0 atom stereocenters. The average molecular weight is 1220 g/mol. The quantitative estimate of drug-likeness (QED) is 0.113. The Balaban J connectivity index is 0.628. The molecule has 14 aromatic carbocycles. The van der Waals surface area contributed by atoms with E-state index in [1.807, 2.05) is 0 Å². The number of fused-ring (bicyclic) bond motifs is 11. The zero-order valence-electron chi connectivity index (χ0n) is 54.6. The van der Waals surface area contributed by atoms with E-state index in [0.29, 0.717) is 0 Å². The van der Waals surface area contributed by atoms with Crippen molar-refractivity contribution in [3.05, 3.63) is 359 Å². The van der Waals surface area contributed by atoms with E-state index in [-0.39, 0.29) is 16.2 Å². The molecule has 17 rings (SSSR count). The maximum atomic E-state index is 2.48. The van der Waals surface area contributed by atoms with Crippen molar-refractivity contribution >= 4 is 80.0 Å². The van der Waals surface area contributed by atoms with Crippen LogP contribution in [0.15, 0.2) is 303 Å². The largest absolute Gasteiger partial charge is 0.309 e. The van der Waals surface area contributed by atoms with Gasteiger partial charge in [0.05, 0.1) is 22.7 Å². The molecule has 14 aromatic rings. The first-order valence-corrected chi connectivity index (χ1v) is 33.5. The van der Waals surface area contributed by atoms with Gasteiger partial charge in [0.2, 0.25) is 0 Å². The van der Waals surface area contributed by atoms with Crippen LogP contribution in [0, 0.1) is 0 Å². The van der Waals surface area contributed by atoms with Crippen molar-refractivity contribution in [2.45, 2.75) is 57.8 Å². The number of hydrogen-bond acceptors (Lipinski definition) is 2. The lowest BCUT2D eigenvalue weighted by Crippen LogP contribution is -2.17. The fourth-order valence-electron chi connectivity index (χ4n) is 16.0. The van der Waals surface area contributed by atoms with Crippen LogP contribution in [0.25, 0.3) is 101 Å². The van der Waals surface area contributed by atoms with Gasteiger partial charge in [-0.25, -0.2) is 0 Å². The van der Waals surface area contributed by atoms with Crippen molar-refractivity contribution in [1.82, 2.24) is 0 Å². The number of hydrogen-bond donors (Lipinski definition) is 0. The Hall–Kier alpha value is -11.3. The maximum Gasteiger partial charge on any atom is 0.0540 e. The Kier molecular flexibility index (Phi) is 13.6. The van der Waals surface area contributed by atoms with Crippen LogP contribution < -0.4 is 9.80 Å². The zero-order chi connectivity index (χ0) is 64.2. The molecule has 0 saturated carbocycles. The average Bonchev–Trinajstić information content (AvgIpc) is 1.62. The summed E-state index contributed by atoms with van der Waals surface area (Å²) in [4.78, 5) is 4.95. The molecule has 0 saturated heterocycles. The summed E-state index contributed by atoms with van der Waals surface area (Å²) in [6.07, 6.45) is 9.21. The summed E-state index contributed by atoms with van der Waals surface area (Å²) in [7, 11) is 0. The van der Waals surface area contributed by atoms with Gasteiger partial charge in [-0.3, -0.25) is 0 Å². The highest BCUT2D eigenvalue weighted by Gasteiger charge is 2.39. The van der Waals surface area contributed by atoms with Crippen LogP contribution >= 0.6 is 0 Å². The molecule has 0 aromatic heterocycles. The molecule has 95 heavy (non-hydrogen) atoms. The van der Waals surface area contributed by atoms with Crippen molar-refractivity contribution in [2.24, 2.45) is 0 Å². The topological polar surface area (TPSA) is 6.48 Å². The number of para-hydroxylation sites is 2. The summed E-state index contributed by atoms with van der Waals surface area (Å²) in [5.74, 6) is 0. The molecule has 0 fully saturated rings. The lowest BCUT2D eigenvalue weighted by atomic mass is 9.81. The van der Waals surface area contributed by atoms with Crippen LogP contribution in [-0.2, 0) is 16.2 Å². The monoisotopic (exact) mass is 1220 g/mol. The maximum absolute atomic E-state index is 2.48. The standard InChI is InChI=1S/C93H72N2/c1-91(2)81-55-61(39-41-63-45-51-77-79-53-47-69(59-85(79)92(3,4)83(77)57-63)94(89-37-21-29-67-27-13-15-31-73(67)89)87-35-19-17-33-71(87)65-23-9-7-10-24-65)43-49-75(81)76-50-44-62(56-82(76)91)40-42-64-46-52-78-80-54-48-70(60-86(80)93(5,6)84(78)58-64)95(90-38-22-30-68-28-14-16-32-74(68)90)88-36-20-18-34-72(88)66-25-11-8-12-26-66/h7-60H,1-6H3. The summed E-state index contributed by atoms with van der Waals surface area (Å²) in [5, 5.41) is 4.87. The van der Waals surface area contributed by atoms with Crippen LogP contribution in [0.3, 0.4) is 0 Å². The molecule has 0 aliphatic heterocycles. The number of nitrogens with zero attached hydrogens (tertiary/aromatic N) is 2. The first kappa shape index (κ1) is 57.6. The van der Waals surface area contributed by atoms with Gasteiger partial charge in [-0.1, -0.05) is 321 Å². The third kappa shape index (κ3) is 9.61. The Bertz CT molecular complexity index is 5120. The van der Waals surface area contributed by atoms with E-state index in [1.165, 1.54) is 133 Å². The van der Waals surface area contributed by atoms with Crippen LogP contribution in [0.4, 0.5) is 34.1 Å². The Morgan fingerprint density at radius 1 is 0.221 bits per heavy atom. The highest BCUT2D eigenvalue weighted by Crippen LogP contribution is 2.55. The molecule has 0 unspecified atom stereocenters. The summed E-state index contributed by atoms with van der Waals surface area (Å²) in [6, 6.07) is 113. The minimum Gasteiger partial charge on any atom is -0.309 e. The minimum atomic E-state index is -0.234. The summed E-state index contributed by atoms with van der Waals surface area (Å²) >= 11 is 0. The molecule has 2 nitrogen and oxygen atoms in total. The van der Waals surface area contributed by atoms with Crippen molar-refractivity contribution in [3.63, 3.8) is 0 Å². The van der Waals surface area contributed by atoms with Crippen LogP contribution in [-0.4, -0.2) is 0 Å². The van der Waals surface area contributed by atoms with Gasteiger partial charge >= 0.3 is 0 Å². The SMILES string of the molecule is CC1(C)c2cc(C=Cc3ccc4c(c3)C(C)(C)c3cc(N(c5ccccc5-c5ccccc5)c5cccc6ccccc56)ccc3-4)ccc2-c2ccc(C=Cc3ccc4c(c3)C(C)(C)c3cc(N(c5ccccc5-c5ccccc5)c5cccc6ccccc56)ccc3-4)cc21. The third-order valence-electron chi connectivity index (χ3n) is 21.0. The molecule has 0 heterocycles. The second-order valence-electron chi connectivity index (χ2n) is 27.7. The van der Waals surface area contributed by atoms with Crippen molar-refractivity contribution in [3.8, 4) is 55.6 Å². The summed E-state index contributed by atoms with van der Waals surface area (Å²) in [6.45, 7) is 14.4. The van der Waals surface area contributed by atoms with E-state index in [0.717, 1.165) is 34.1 Å². The van der Waals surface area contributed by atoms with E-state index in [1.54, 1.807) is 0 Å². The van der Waals surface area contributed by atoms with E-state index < -0.39 is 0 Å². The Labute approximate surface area is 558 Å². The second-order valence-corrected chi connectivity index (χ2v) is 27.7. The first-order valence-electron chi connectivity index (χ1n) is 33.5. The van der Waals surface area contributed by atoms with Crippen LogP contribution in [0.1, 0.15) is 97.2 Å². The normalized spacial score (nSPS) is 14.2. The fourth-order valence-corrected chi connectivity index (χ4v) is 16.0. The van der Waals surface area contributed by atoms with E-state index >= 15 is 0 Å². The van der Waals surface area contributed by atoms with Gasteiger partial charge in [-0.05, 0) is 159 Å². The van der Waals surface area contributed by atoms with Gasteiger partial charge in [0.25, 0.3) is 0 Å². The highest BCUT2D eigenvalue weighted by molar-refractivity contribution is 6.04. The number of anilines is 6. The van der Waals surface area contributed by atoms with Gasteiger partial charge in [0.1, 0.15) is 0 Å². The van der Waals surface area contributed by atoms with Gasteiger partial charge in [0.15, 0.2) is 0 Å². The lowest BCUT2D eigenvalue weighted by molar-refractivity contribution is 0.660. The van der Waals surface area contributed by atoms with Gasteiger partial charge in [-0.2, -0.15) is 0 Å². The molecule has 2 heteroatoms. The third-order valence-corrected chi connectivity index (χ3v) is 21.0. The van der Waals surface area contributed by atoms with Crippen LogP contribution in [0.5, 0.6) is 0 Å². The second kappa shape index (κ2) is 22.5. The molecule has 3 aliphatic rings. The smallest absolute Gasteiger partial charge is 0.0540 e. The minimum absolute atomic E-state index is 0.178. The fraction of sp³-hybridized carbons (Fsp3) is 0.0968. The molecule has 0 N–H and O–H groups in total. The van der Waals surface area contributed by atoms with E-state index in [9.17, 15) is 0 Å². The van der Waals surface area contributed by atoms with Crippen LogP contribution in [0.2, 0.25) is 0 Å². The Morgan fingerprint density at radius 2 is 0.495 bits per heavy atom. The molecule has 0 amide bonds. The lowest BCUT2D eigenvalue weighted by Gasteiger charge is -2.30. The zero-order valence-corrected chi connectivity index (χ0v) is 54.6. The van der Waals surface area contributed by atoms with Crippen molar-refractivity contribution in [2.75, 3.05) is 9.80 Å². The molecule has 0 radical (unpaired) electrons. The van der Waals surface area contributed by atoms with Gasteiger partial charge in [-0.15, -0.1) is 0 Å². The summed E-state index contributed by atoms with van der Waals surface area (Å²) < 4.78 is 0. The summed E-state index contributed by atoms with van der Waals surface area (Å²) in [5.41, 5.74) is 31.8. The van der Waals surface area contributed by atoms with Gasteiger partial charge in [0, 0.05) is 49.5 Å². The van der Waals surface area contributed by atoms with Crippen molar-refractivity contribution < 1.29 is 0 Å². The molecule has 0 spiro atoms. The molecular formula is C93H72N2. The first-order chi connectivity index (χ1) is 46.4. The van der Waals surface area contributed by atoms with Gasteiger partial charge < -0.3 is 9.80 Å². The molecular weight excluding hydrogens is 1150 g/mol. The molecule has 0 bridgehead atoms. The highest BCUT2D eigenvalue weighted by atomic mass is 15.2. The molecule has 3 aliphatic carbocycles. The predicted octanol–water partition coefficient (Wildman–Crippen LogP) is 25.5. The number of benzene rings is 14. The Morgan fingerprint density at radius 3 is 0.853 bits per heavy atom. The predicted molar refractivity (Wildman–Crippen MR) is 405 cm³/mol. The molecule has 454 valence electrons. The number of rotatable bonds is 12. The van der Waals surface area contributed by atoms with E-state index in [2.05, 4.69) is 379 Å². The van der Waals surface area contributed by atoms with E-state index in [4.69, 9.17) is 0 Å².